The third-order valence-corrected chi connectivity index (χ3v) is 3.79. The van der Waals surface area contributed by atoms with Crippen molar-refractivity contribution in [2.45, 2.75) is 53.0 Å². The maximum absolute atomic E-state index is 11.9. The molecule has 1 aliphatic heterocycles. The van der Waals surface area contributed by atoms with E-state index >= 15 is 0 Å². The number of hydrogen-bond acceptors (Lipinski definition) is 3. The van der Waals surface area contributed by atoms with Crippen LogP contribution in [0.2, 0.25) is 0 Å². The highest BCUT2D eigenvalue weighted by Gasteiger charge is 2.20. The first kappa shape index (κ1) is 18.2. The maximum Gasteiger partial charge on any atom is 0.315 e. The molecule has 124 valence electrons. The molecular formula is C16H33N3O2. The zero-order chi connectivity index (χ0) is 15.9. The molecule has 1 rings (SSSR count). The molecule has 5 nitrogen and oxygen atoms in total. The molecule has 0 bridgehead atoms. The summed E-state index contributed by atoms with van der Waals surface area (Å²) >= 11 is 0. The summed E-state index contributed by atoms with van der Waals surface area (Å²) in [6, 6.07) is -0.356. The van der Waals surface area contributed by atoms with E-state index in [1.54, 1.807) is 0 Å². The average Bonchev–Trinajstić information content (AvgIpc) is 2.86. The zero-order valence-electron chi connectivity index (χ0n) is 14.1. The number of amides is 2. The van der Waals surface area contributed by atoms with Crippen LogP contribution in [0.25, 0.3) is 0 Å². The predicted molar refractivity (Wildman–Crippen MR) is 86.3 cm³/mol. The Morgan fingerprint density at radius 3 is 2.43 bits per heavy atom. The van der Waals surface area contributed by atoms with Gasteiger partial charge < -0.3 is 20.6 Å². The van der Waals surface area contributed by atoms with Crippen LogP contribution in [-0.4, -0.2) is 54.9 Å². The molecule has 2 amide bonds. The number of hydrogen-bond donors (Lipinski definition) is 3. The molecule has 2 atom stereocenters. The van der Waals surface area contributed by atoms with E-state index in [1.807, 2.05) is 0 Å². The molecule has 2 unspecified atom stereocenters. The summed E-state index contributed by atoms with van der Waals surface area (Å²) in [5.41, 5.74) is 0.0870. The van der Waals surface area contributed by atoms with Crippen molar-refractivity contribution < 1.29 is 9.90 Å². The summed E-state index contributed by atoms with van der Waals surface area (Å²) in [4.78, 5) is 14.4. The van der Waals surface area contributed by atoms with Crippen LogP contribution < -0.4 is 10.6 Å². The van der Waals surface area contributed by atoms with Crippen LogP contribution in [0, 0.1) is 11.3 Å². The lowest BCUT2D eigenvalue weighted by atomic mass is 9.88. The second kappa shape index (κ2) is 8.59. The summed E-state index contributed by atoms with van der Waals surface area (Å²) in [5, 5.41) is 15.1. The lowest BCUT2D eigenvalue weighted by Crippen LogP contribution is -2.47. The molecule has 0 radical (unpaired) electrons. The smallest absolute Gasteiger partial charge is 0.315 e. The van der Waals surface area contributed by atoms with E-state index in [2.05, 4.69) is 43.2 Å². The van der Waals surface area contributed by atoms with E-state index in [0.717, 1.165) is 13.0 Å². The molecule has 1 saturated heterocycles. The Bertz CT molecular complexity index is 309. The van der Waals surface area contributed by atoms with Crippen molar-refractivity contribution in [3.8, 4) is 0 Å². The minimum atomic E-state index is -0.182. The van der Waals surface area contributed by atoms with Crippen LogP contribution >= 0.6 is 0 Å². The van der Waals surface area contributed by atoms with Crippen molar-refractivity contribution in [2.75, 3.05) is 32.8 Å². The molecule has 0 aromatic heterocycles. The molecule has 0 aromatic rings. The number of nitrogens with one attached hydrogen (secondary N) is 2. The third-order valence-electron chi connectivity index (χ3n) is 3.79. The first-order valence-electron chi connectivity index (χ1n) is 8.18. The van der Waals surface area contributed by atoms with Gasteiger partial charge in [0.1, 0.15) is 0 Å². The quantitative estimate of drug-likeness (QED) is 0.672. The Morgan fingerprint density at radius 2 is 1.90 bits per heavy atom. The Labute approximate surface area is 129 Å². The molecule has 5 heteroatoms. The molecule has 0 saturated carbocycles. The Hall–Kier alpha value is -0.810. The second-order valence-corrected chi connectivity index (χ2v) is 7.61. The highest BCUT2D eigenvalue weighted by Crippen LogP contribution is 2.20. The SMILES string of the molecule is CC(CNC(=O)NC(CO)CC(C)(C)C)CN1CCCC1. The normalized spacial score (nSPS) is 19.3. The number of aliphatic hydroxyl groups is 1. The van der Waals surface area contributed by atoms with Crippen molar-refractivity contribution in [3.05, 3.63) is 0 Å². The van der Waals surface area contributed by atoms with Crippen LogP contribution in [-0.2, 0) is 0 Å². The zero-order valence-corrected chi connectivity index (χ0v) is 14.1. The van der Waals surface area contributed by atoms with E-state index < -0.39 is 0 Å². The summed E-state index contributed by atoms with van der Waals surface area (Å²) in [5.74, 6) is 0.448. The van der Waals surface area contributed by atoms with E-state index in [4.69, 9.17) is 0 Å². The van der Waals surface area contributed by atoms with Gasteiger partial charge in [-0.3, -0.25) is 0 Å². The standard InChI is InChI=1S/C16H33N3O2/c1-13(11-19-7-5-6-8-19)10-17-15(21)18-14(12-20)9-16(2,3)4/h13-14,20H,5-12H2,1-4H3,(H2,17,18,21). The van der Waals surface area contributed by atoms with Crippen LogP contribution in [0.4, 0.5) is 4.79 Å². The molecular weight excluding hydrogens is 266 g/mol. The molecule has 0 spiro atoms. The van der Waals surface area contributed by atoms with Gasteiger partial charge in [0.25, 0.3) is 0 Å². The molecule has 0 aromatic carbocycles. The van der Waals surface area contributed by atoms with Gasteiger partial charge in [-0.05, 0) is 43.7 Å². The van der Waals surface area contributed by atoms with Crippen molar-refractivity contribution in [2.24, 2.45) is 11.3 Å². The third kappa shape index (κ3) is 8.27. The monoisotopic (exact) mass is 299 g/mol. The lowest BCUT2D eigenvalue weighted by molar-refractivity contribution is 0.189. The number of carbonyl (C=O) groups excluding carboxylic acids is 1. The molecule has 1 fully saturated rings. The van der Waals surface area contributed by atoms with Crippen LogP contribution in [0.5, 0.6) is 0 Å². The van der Waals surface area contributed by atoms with Gasteiger partial charge in [-0.25, -0.2) is 4.79 Å². The number of aliphatic hydroxyl groups excluding tert-OH is 1. The maximum atomic E-state index is 11.9. The van der Waals surface area contributed by atoms with Crippen molar-refractivity contribution in [1.29, 1.82) is 0 Å². The van der Waals surface area contributed by atoms with E-state index in [-0.39, 0.29) is 24.1 Å². The Balaban J connectivity index is 2.22. The van der Waals surface area contributed by atoms with Gasteiger partial charge in [0.2, 0.25) is 0 Å². The van der Waals surface area contributed by atoms with Gasteiger partial charge in [-0.1, -0.05) is 27.7 Å². The second-order valence-electron chi connectivity index (χ2n) is 7.61. The molecule has 0 aliphatic carbocycles. The molecule has 3 N–H and O–H groups in total. The number of urea groups is 1. The van der Waals surface area contributed by atoms with E-state index in [1.165, 1.54) is 25.9 Å². The molecule has 1 aliphatic rings. The van der Waals surface area contributed by atoms with Gasteiger partial charge in [0.05, 0.1) is 12.6 Å². The Morgan fingerprint density at radius 1 is 1.29 bits per heavy atom. The minimum Gasteiger partial charge on any atom is -0.394 e. The summed E-state index contributed by atoms with van der Waals surface area (Å²) < 4.78 is 0. The van der Waals surface area contributed by atoms with Gasteiger partial charge in [0, 0.05) is 13.1 Å². The van der Waals surface area contributed by atoms with E-state index in [0.29, 0.717) is 12.5 Å². The fourth-order valence-electron chi connectivity index (χ4n) is 2.87. The Kier molecular flexibility index (Phi) is 7.46. The largest absolute Gasteiger partial charge is 0.394 e. The van der Waals surface area contributed by atoms with Crippen LogP contribution in [0.3, 0.4) is 0 Å². The van der Waals surface area contributed by atoms with Gasteiger partial charge in [-0.15, -0.1) is 0 Å². The number of rotatable bonds is 7. The van der Waals surface area contributed by atoms with Gasteiger partial charge in [-0.2, -0.15) is 0 Å². The van der Waals surface area contributed by atoms with Crippen molar-refractivity contribution in [3.63, 3.8) is 0 Å². The highest BCUT2D eigenvalue weighted by atomic mass is 16.3. The summed E-state index contributed by atoms with van der Waals surface area (Å²) in [7, 11) is 0. The number of carbonyl (C=O) groups is 1. The fraction of sp³-hybridized carbons (Fsp3) is 0.938. The first-order valence-corrected chi connectivity index (χ1v) is 8.18. The summed E-state index contributed by atoms with van der Waals surface area (Å²) in [6.45, 7) is 12.6. The minimum absolute atomic E-state index is 0.0198. The average molecular weight is 299 g/mol. The molecule has 1 heterocycles. The lowest BCUT2D eigenvalue weighted by Gasteiger charge is -2.26. The predicted octanol–water partition coefficient (Wildman–Crippen LogP) is 1.81. The van der Waals surface area contributed by atoms with Crippen LogP contribution in [0.1, 0.15) is 47.0 Å². The van der Waals surface area contributed by atoms with Crippen molar-refractivity contribution in [1.82, 2.24) is 15.5 Å². The van der Waals surface area contributed by atoms with E-state index in [9.17, 15) is 9.90 Å². The molecule has 21 heavy (non-hydrogen) atoms. The number of nitrogens with zero attached hydrogens (tertiary/aromatic N) is 1. The highest BCUT2D eigenvalue weighted by molar-refractivity contribution is 5.74. The number of likely N-dealkylation sites (tertiary alicyclic amines) is 1. The van der Waals surface area contributed by atoms with Gasteiger partial charge in [0.15, 0.2) is 0 Å². The van der Waals surface area contributed by atoms with Crippen LogP contribution in [0.15, 0.2) is 0 Å². The topological polar surface area (TPSA) is 64.6 Å². The fourth-order valence-corrected chi connectivity index (χ4v) is 2.87. The van der Waals surface area contributed by atoms with Gasteiger partial charge >= 0.3 is 6.03 Å². The van der Waals surface area contributed by atoms with Crippen molar-refractivity contribution >= 4 is 6.03 Å². The summed E-state index contributed by atoms with van der Waals surface area (Å²) in [6.07, 6.45) is 3.36. The first-order chi connectivity index (χ1) is 9.80.